The molecule has 0 aliphatic carbocycles. The summed E-state index contributed by atoms with van der Waals surface area (Å²) in [5.41, 5.74) is 1.39. The molecule has 0 aromatic heterocycles. The molecular weight excluding hydrogens is 232 g/mol. The fourth-order valence-corrected chi connectivity index (χ4v) is 2.05. The summed E-state index contributed by atoms with van der Waals surface area (Å²) in [6, 6.07) is 5.45. The summed E-state index contributed by atoms with van der Waals surface area (Å²) in [5, 5.41) is 0. The van der Waals surface area contributed by atoms with Crippen LogP contribution in [0, 0.1) is 6.92 Å². The molecular formula is C14H18O4. The van der Waals surface area contributed by atoms with Gasteiger partial charge in [0.15, 0.2) is 0 Å². The standard InChI is InChI=1S/C14H18O4/c1-10-12(14(15)16-2)4-3-5-13(10)18-11-6-8-17-9-7-11/h3-5,11H,6-9H2,1-2H3. The lowest BCUT2D eigenvalue weighted by Crippen LogP contribution is -2.26. The van der Waals surface area contributed by atoms with Gasteiger partial charge < -0.3 is 14.2 Å². The van der Waals surface area contributed by atoms with Gasteiger partial charge in [0.1, 0.15) is 11.9 Å². The SMILES string of the molecule is COC(=O)c1cccc(OC2CCOCC2)c1C. The number of esters is 1. The van der Waals surface area contributed by atoms with Gasteiger partial charge in [-0.1, -0.05) is 6.07 Å². The number of hydrogen-bond acceptors (Lipinski definition) is 4. The first-order valence-corrected chi connectivity index (χ1v) is 6.14. The molecule has 0 amide bonds. The lowest BCUT2D eigenvalue weighted by Gasteiger charge is -2.24. The first kappa shape index (κ1) is 12.9. The van der Waals surface area contributed by atoms with Crippen LogP contribution in [0.4, 0.5) is 0 Å². The summed E-state index contributed by atoms with van der Waals surface area (Å²) in [5.74, 6) is 0.426. The second-order valence-corrected chi connectivity index (χ2v) is 4.35. The van der Waals surface area contributed by atoms with Crippen LogP contribution in [0.5, 0.6) is 5.75 Å². The summed E-state index contributed by atoms with van der Waals surface area (Å²) >= 11 is 0. The van der Waals surface area contributed by atoms with E-state index < -0.39 is 0 Å². The van der Waals surface area contributed by atoms with Gasteiger partial charge in [0.05, 0.1) is 25.9 Å². The Balaban J connectivity index is 2.15. The van der Waals surface area contributed by atoms with Crippen molar-refractivity contribution in [3.63, 3.8) is 0 Å². The molecule has 0 saturated carbocycles. The fourth-order valence-electron chi connectivity index (χ4n) is 2.05. The van der Waals surface area contributed by atoms with Crippen molar-refractivity contribution >= 4 is 5.97 Å². The molecule has 1 aromatic rings. The summed E-state index contributed by atoms with van der Waals surface area (Å²) in [6.07, 6.45) is 1.95. The number of carbonyl (C=O) groups excluding carboxylic acids is 1. The second-order valence-electron chi connectivity index (χ2n) is 4.35. The maximum Gasteiger partial charge on any atom is 0.338 e. The Bertz CT molecular complexity index is 422. The van der Waals surface area contributed by atoms with Crippen LogP contribution < -0.4 is 4.74 Å². The zero-order valence-corrected chi connectivity index (χ0v) is 10.8. The lowest BCUT2D eigenvalue weighted by molar-refractivity contribution is 0.0251. The Hall–Kier alpha value is -1.55. The maximum absolute atomic E-state index is 11.6. The van der Waals surface area contributed by atoms with Gasteiger partial charge in [0.25, 0.3) is 0 Å². The van der Waals surface area contributed by atoms with Crippen molar-refractivity contribution in [3.8, 4) is 5.75 Å². The summed E-state index contributed by atoms with van der Waals surface area (Å²) < 4.78 is 16.0. The van der Waals surface area contributed by atoms with Crippen LogP contribution >= 0.6 is 0 Å². The predicted octanol–water partition coefficient (Wildman–Crippen LogP) is 2.34. The third-order valence-corrected chi connectivity index (χ3v) is 3.15. The van der Waals surface area contributed by atoms with Gasteiger partial charge in [-0.2, -0.15) is 0 Å². The number of carbonyl (C=O) groups is 1. The average molecular weight is 250 g/mol. The molecule has 1 saturated heterocycles. The van der Waals surface area contributed by atoms with E-state index in [0.717, 1.165) is 37.4 Å². The van der Waals surface area contributed by atoms with Crippen LogP contribution in [0.3, 0.4) is 0 Å². The number of hydrogen-bond donors (Lipinski definition) is 0. The van der Waals surface area contributed by atoms with Gasteiger partial charge in [0, 0.05) is 18.4 Å². The van der Waals surface area contributed by atoms with Crippen LogP contribution in [0.25, 0.3) is 0 Å². The highest BCUT2D eigenvalue weighted by atomic mass is 16.5. The van der Waals surface area contributed by atoms with E-state index >= 15 is 0 Å². The monoisotopic (exact) mass is 250 g/mol. The van der Waals surface area contributed by atoms with E-state index in [1.165, 1.54) is 7.11 Å². The molecule has 1 fully saturated rings. The topological polar surface area (TPSA) is 44.8 Å². The van der Waals surface area contributed by atoms with E-state index in [4.69, 9.17) is 14.2 Å². The highest BCUT2D eigenvalue weighted by Crippen LogP contribution is 2.25. The quantitative estimate of drug-likeness (QED) is 0.772. The van der Waals surface area contributed by atoms with Crippen molar-refractivity contribution in [2.45, 2.75) is 25.9 Å². The van der Waals surface area contributed by atoms with Gasteiger partial charge in [-0.25, -0.2) is 4.79 Å². The van der Waals surface area contributed by atoms with Crippen molar-refractivity contribution in [3.05, 3.63) is 29.3 Å². The molecule has 1 aliphatic rings. The van der Waals surface area contributed by atoms with E-state index in [0.29, 0.717) is 5.56 Å². The Morgan fingerprint density at radius 2 is 2.06 bits per heavy atom. The largest absolute Gasteiger partial charge is 0.490 e. The Labute approximate surface area is 107 Å². The maximum atomic E-state index is 11.6. The molecule has 1 aromatic carbocycles. The van der Waals surface area contributed by atoms with Gasteiger partial charge in [0.2, 0.25) is 0 Å². The van der Waals surface area contributed by atoms with Crippen LogP contribution in [-0.4, -0.2) is 32.4 Å². The van der Waals surface area contributed by atoms with Crippen LogP contribution in [0.2, 0.25) is 0 Å². The van der Waals surface area contributed by atoms with Crippen molar-refractivity contribution in [2.24, 2.45) is 0 Å². The van der Waals surface area contributed by atoms with Gasteiger partial charge >= 0.3 is 5.97 Å². The molecule has 2 rings (SSSR count). The fraction of sp³-hybridized carbons (Fsp3) is 0.500. The second kappa shape index (κ2) is 5.87. The first-order valence-electron chi connectivity index (χ1n) is 6.14. The normalized spacial score (nSPS) is 16.3. The zero-order valence-electron chi connectivity index (χ0n) is 10.8. The molecule has 4 heteroatoms. The predicted molar refractivity (Wildman–Crippen MR) is 67.0 cm³/mol. The molecule has 4 nitrogen and oxygen atoms in total. The molecule has 0 spiro atoms. The number of ether oxygens (including phenoxy) is 3. The minimum Gasteiger partial charge on any atom is -0.490 e. The zero-order chi connectivity index (χ0) is 13.0. The van der Waals surface area contributed by atoms with Crippen molar-refractivity contribution in [1.82, 2.24) is 0 Å². The van der Waals surface area contributed by atoms with Crippen molar-refractivity contribution in [2.75, 3.05) is 20.3 Å². The first-order chi connectivity index (χ1) is 8.72. The molecule has 0 unspecified atom stereocenters. The molecule has 0 atom stereocenters. The van der Waals surface area contributed by atoms with Gasteiger partial charge in [-0.3, -0.25) is 0 Å². The third-order valence-electron chi connectivity index (χ3n) is 3.15. The third kappa shape index (κ3) is 2.82. The van der Waals surface area contributed by atoms with Crippen LogP contribution in [0.15, 0.2) is 18.2 Å². The summed E-state index contributed by atoms with van der Waals surface area (Å²) in [4.78, 5) is 11.6. The van der Waals surface area contributed by atoms with Crippen LogP contribution in [-0.2, 0) is 9.47 Å². The summed E-state index contributed by atoms with van der Waals surface area (Å²) in [6.45, 7) is 3.35. The summed E-state index contributed by atoms with van der Waals surface area (Å²) in [7, 11) is 1.38. The van der Waals surface area contributed by atoms with E-state index in [1.54, 1.807) is 6.07 Å². The molecule has 18 heavy (non-hydrogen) atoms. The Kier molecular flexibility index (Phi) is 4.20. The minimum atomic E-state index is -0.329. The minimum absolute atomic E-state index is 0.172. The van der Waals surface area contributed by atoms with E-state index in [-0.39, 0.29) is 12.1 Å². The molecule has 0 bridgehead atoms. The van der Waals surface area contributed by atoms with Crippen LogP contribution in [0.1, 0.15) is 28.8 Å². The van der Waals surface area contributed by atoms with E-state index in [1.807, 2.05) is 19.1 Å². The average Bonchev–Trinajstić information content (AvgIpc) is 2.41. The van der Waals surface area contributed by atoms with Crippen molar-refractivity contribution in [1.29, 1.82) is 0 Å². The van der Waals surface area contributed by atoms with E-state index in [9.17, 15) is 4.79 Å². The molecule has 0 N–H and O–H groups in total. The van der Waals surface area contributed by atoms with Crippen molar-refractivity contribution < 1.29 is 19.0 Å². The van der Waals surface area contributed by atoms with Gasteiger partial charge in [-0.05, 0) is 19.1 Å². The Morgan fingerprint density at radius 1 is 1.33 bits per heavy atom. The lowest BCUT2D eigenvalue weighted by atomic mass is 10.1. The number of methoxy groups -OCH3 is 1. The number of rotatable bonds is 3. The highest BCUT2D eigenvalue weighted by Gasteiger charge is 2.18. The highest BCUT2D eigenvalue weighted by molar-refractivity contribution is 5.91. The smallest absolute Gasteiger partial charge is 0.338 e. The number of benzene rings is 1. The van der Waals surface area contributed by atoms with Gasteiger partial charge in [-0.15, -0.1) is 0 Å². The Morgan fingerprint density at radius 3 is 2.72 bits per heavy atom. The molecule has 1 heterocycles. The molecule has 0 radical (unpaired) electrons. The molecule has 98 valence electrons. The van der Waals surface area contributed by atoms with E-state index in [2.05, 4.69) is 0 Å². The molecule has 1 aliphatic heterocycles.